The maximum atomic E-state index is 13.1. The lowest BCUT2D eigenvalue weighted by Gasteiger charge is -2.52. The van der Waals surface area contributed by atoms with Crippen molar-refractivity contribution in [2.24, 2.45) is 0 Å². The van der Waals surface area contributed by atoms with E-state index in [4.69, 9.17) is 18.9 Å². The molecule has 2 aliphatic rings. The van der Waals surface area contributed by atoms with Crippen LogP contribution in [0.4, 0.5) is 0 Å². The second-order valence-electron chi connectivity index (χ2n) is 6.79. The molecule has 1 aromatic rings. The number of hydrogen-bond acceptors (Lipinski definition) is 7. The minimum Gasteiger partial charge on any atom is -0.385 e. The third-order valence-corrected chi connectivity index (χ3v) is 5.41. The largest absolute Gasteiger partial charge is 0.385 e. The second-order valence-corrected chi connectivity index (χ2v) is 6.79. The fraction of sp³-hybridized carbons (Fsp3) is 0.526. The van der Waals surface area contributed by atoms with Crippen molar-refractivity contribution in [2.45, 2.75) is 43.2 Å². The first-order valence-corrected chi connectivity index (χ1v) is 8.35. The Morgan fingerprint density at radius 2 is 1.77 bits per heavy atom. The Balaban J connectivity index is 1.93. The molecule has 0 amide bonds. The van der Waals surface area contributed by atoms with Crippen molar-refractivity contribution < 1.29 is 34.0 Å². The average molecular weight is 364 g/mol. The molecular formula is C19H24O7. The van der Waals surface area contributed by atoms with Gasteiger partial charge in [-0.2, -0.15) is 0 Å². The van der Waals surface area contributed by atoms with Crippen LogP contribution in [-0.2, 0) is 23.7 Å². The first-order valence-electron chi connectivity index (χ1n) is 8.35. The lowest BCUT2D eigenvalue weighted by molar-refractivity contribution is -0.448. The molecule has 142 valence electrons. The highest BCUT2D eigenvalue weighted by atomic mass is 16.8. The molecule has 0 radical (unpaired) electrons. The van der Waals surface area contributed by atoms with Crippen LogP contribution in [0.3, 0.4) is 0 Å². The average Bonchev–Trinajstić information content (AvgIpc) is 2.90. The van der Waals surface area contributed by atoms with Gasteiger partial charge in [-0.1, -0.05) is 30.3 Å². The number of methoxy groups -OCH3 is 2. The summed E-state index contributed by atoms with van der Waals surface area (Å²) >= 11 is 0. The van der Waals surface area contributed by atoms with Gasteiger partial charge in [-0.05, 0) is 25.5 Å². The molecule has 1 spiro atoms. The molecule has 1 saturated heterocycles. The Bertz CT molecular complexity index is 718. The molecule has 0 saturated carbocycles. The van der Waals surface area contributed by atoms with Crippen LogP contribution < -0.4 is 0 Å². The number of ketones is 1. The van der Waals surface area contributed by atoms with Crippen molar-refractivity contribution in [1.29, 1.82) is 0 Å². The zero-order chi connectivity index (χ0) is 19.2. The van der Waals surface area contributed by atoms with Gasteiger partial charge in [0.1, 0.15) is 12.2 Å². The molecule has 1 heterocycles. The van der Waals surface area contributed by atoms with E-state index >= 15 is 0 Å². The van der Waals surface area contributed by atoms with Gasteiger partial charge in [-0.25, -0.2) is 0 Å². The Morgan fingerprint density at radius 3 is 2.35 bits per heavy atom. The third kappa shape index (κ3) is 2.63. The maximum Gasteiger partial charge on any atom is 0.221 e. The van der Waals surface area contributed by atoms with Crippen molar-refractivity contribution in [3.63, 3.8) is 0 Å². The summed E-state index contributed by atoms with van der Waals surface area (Å²) in [7, 11) is 2.84. The predicted octanol–water partition coefficient (Wildman–Crippen LogP) is 1.10. The first-order chi connectivity index (χ1) is 12.2. The molecule has 7 nitrogen and oxygen atoms in total. The zero-order valence-corrected chi connectivity index (χ0v) is 15.3. The summed E-state index contributed by atoms with van der Waals surface area (Å²) in [4.78, 5) is 13.1. The first kappa shape index (κ1) is 19.2. The van der Waals surface area contributed by atoms with E-state index in [2.05, 4.69) is 0 Å². The number of carbonyl (C=O) groups is 1. The van der Waals surface area contributed by atoms with Gasteiger partial charge in [0.15, 0.2) is 11.4 Å². The van der Waals surface area contributed by atoms with Crippen LogP contribution in [0.1, 0.15) is 25.5 Å². The quantitative estimate of drug-likeness (QED) is 0.826. The molecule has 0 aromatic heterocycles. The highest BCUT2D eigenvalue weighted by Gasteiger charge is 2.65. The van der Waals surface area contributed by atoms with Gasteiger partial charge in [-0.3, -0.25) is 4.79 Å². The molecule has 1 fully saturated rings. The molecule has 5 atom stereocenters. The van der Waals surface area contributed by atoms with Crippen molar-refractivity contribution in [2.75, 3.05) is 20.8 Å². The smallest absolute Gasteiger partial charge is 0.221 e. The number of Topliss-reactive ketones (excluding diaryl/α,β-unsaturated/α-hetero) is 1. The number of rotatable bonds is 4. The molecule has 1 aliphatic heterocycles. The van der Waals surface area contributed by atoms with Gasteiger partial charge in [0, 0.05) is 19.8 Å². The third-order valence-electron chi connectivity index (χ3n) is 5.41. The minimum atomic E-state index is -1.70. The van der Waals surface area contributed by atoms with Crippen LogP contribution in [0.25, 0.3) is 0 Å². The van der Waals surface area contributed by atoms with E-state index in [1.807, 2.05) is 6.07 Å². The van der Waals surface area contributed by atoms with Crippen LogP contribution in [0.2, 0.25) is 0 Å². The van der Waals surface area contributed by atoms with Gasteiger partial charge in [0.2, 0.25) is 11.6 Å². The summed E-state index contributed by atoms with van der Waals surface area (Å²) in [5.41, 5.74) is -1.09. The Hall–Kier alpha value is -1.61. The van der Waals surface area contributed by atoms with Crippen LogP contribution in [0.5, 0.6) is 0 Å². The van der Waals surface area contributed by atoms with Crippen LogP contribution in [0.15, 0.2) is 42.0 Å². The second kappa shape index (κ2) is 6.53. The SMILES string of the molecule is CO[C@]1(C)OC[C@]2(O[C@@]1(C)OC)C(=O)C([C@H](O)c1ccccc1)=C[C@@H]2O. The number of aliphatic hydroxyl groups is 2. The summed E-state index contributed by atoms with van der Waals surface area (Å²) in [5, 5.41) is 21.2. The standard InChI is InChI=1S/C19H24O7/c1-17(23-3)18(2,24-4)26-19(11-25-17)14(20)10-13(16(19)22)15(21)12-8-6-5-7-9-12/h5-10,14-15,20-21H,11H2,1-4H3/t14-,15+,17+,18+,19+/m0/s1. The van der Waals surface area contributed by atoms with E-state index in [1.54, 1.807) is 38.1 Å². The Morgan fingerprint density at radius 1 is 1.15 bits per heavy atom. The molecule has 3 rings (SSSR count). The Kier molecular flexibility index (Phi) is 4.81. The van der Waals surface area contributed by atoms with E-state index < -0.39 is 35.2 Å². The van der Waals surface area contributed by atoms with E-state index in [9.17, 15) is 15.0 Å². The van der Waals surface area contributed by atoms with Gasteiger partial charge in [0.25, 0.3) is 0 Å². The monoisotopic (exact) mass is 364 g/mol. The maximum absolute atomic E-state index is 13.1. The fourth-order valence-electron chi connectivity index (χ4n) is 3.36. The Labute approximate surface area is 152 Å². The molecule has 1 aliphatic carbocycles. The van der Waals surface area contributed by atoms with E-state index in [0.717, 1.165) is 0 Å². The summed E-state index contributed by atoms with van der Waals surface area (Å²) in [6, 6.07) is 8.74. The van der Waals surface area contributed by atoms with Gasteiger partial charge in [-0.15, -0.1) is 0 Å². The lowest BCUT2D eigenvalue weighted by Crippen LogP contribution is -2.70. The molecule has 26 heavy (non-hydrogen) atoms. The molecule has 7 heteroatoms. The van der Waals surface area contributed by atoms with Crippen molar-refractivity contribution >= 4 is 5.78 Å². The van der Waals surface area contributed by atoms with Gasteiger partial charge >= 0.3 is 0 Å². The lowest BCUT2D eigenvalue weighted by atomic mass is 9.90. The predicted molar refractivity (Wildman–Crippen MR) is 91.1 cm³/mol. The summed E-state index contributed by atoms with van der Waals surface area (Å²) in [5.74, 6) is -3.26. The molecular weight excluding hydrogens is 340 g/mol. The highest BCUT2D eigenvalue weighted by Crippen LogP contribution is 2.46. The van der Waals surface area contributed by atoms with Gasteiger partial charge in [0.05, 0.1) is 6.61 Å². The number of carbonyl (C=O) groups excluding carboxylic acids is 1. The van der Waals surface area contributed by atoms with Crippen molar-refractivity contribution in [1.82, 2.24) is 0 Å². The summed E-state index contributed by atoms with van der Waals surface area (Å²) in [6.07, 6.45) is -1.15. The summed E-state index contributed by atoms with van der Waals surface area (Å²) in [6.45, 7) is 2.96. The number of benzene rings is 1. The number of hydrogen-bond donors (Lipinski definition) is 2. The van der Waals surface area contributed by atoms with Crippen LogP contribution in [-0.4, -0.2) is 60.1 Å². The molecule has 0 bridgehead atoms. The molecule has 1 aromatic carbocycles. The van der Waals surface area contributed by atoms with E-state index in [1.165, 1.54) is 20.3 Å². The molecule has 2 N–H and O–H groups in total. The topological polar surface area (TPSA) is 94.5 Å². The summed E-state index contributed by atoms with van der Waals surface area (Å²) < 4.78 is 22.5. The van der Waals surface area contributed by atoms with Crippen molar-refractivity contribution in [3.8, 4) is 0 Å². The minimum absolute atomic E-state index is 0.0618. The molecule has 0 unspecified atom stereocenters. The highest BCUT2D eigenvalue weighted by molar-refractivity contribution is 6.06. The van der Waals surface area contributed by atoms with Gasteiger partial charge < -0.3 is 29.2 Å². The number of aliphatic hydroxyl groups excluding tert-OH is 2. The van der Waals surface area contributed by atoms with E-state index in [-0.39, 0.29) is 12.2 Å². The zero-order valence-electron chi connectivity index (χ0n) is 15.3. The normalized spacial score (nSPS) is 38.5. The fourth-order valence-corrected chi connectivity index (χ4v) is 3.36. The van der Waals surface area contributed by atoms with Crippen molar-refractivity contribution in [3.05, 3.63) is 47.5 Å². The van der Waals surface area contributed by atoms with Crippen LogP contribution in [0, 0.1) is 0 Å². The number of ether oxygens (including phenoxy) is 4. The van der Waals surface area contributed by atoms with E-state index in [0.29, 0.717) is 5.56 Å². The van der Waals surface area contributed by atoms with Crippen LogP contribution >= 0.6 is 0 Å².